The van der Waals surface area contributed by atoms with Crippen LogP contribution in [-0.4, -0.2) is 0 Å². The molecule has 0 aliphatic rings. The predicted molar refractivity (Wildman–Crippen MR) is 66.3 cm³/mol. The van der Waals surface area contributed by atoms with Gasteiger partial charge in [0.2, 0.25) is 0 Å². The van der Waals surface area contributed by atoms with Crippen molar-refractivity contribution in [1.82, 2.24) is 0 Å². The maximum absolute atomic E-state index is 4.30. The van der Waals surface area contributed by atoms with Crippen molar-refractivity contribution in [2.45, 2.75) is 50.3 Å². The van der Waals surface area contributed by atoms with E-state index in [2.05, 4.69) is 50.7 Å². The monoisotopic (exact) mass is 208 g/mol. The van der Waals surface area contributed by atoms with E-state index >= 15 is 0 Å². The average molecular weight is 208 g/mol. The Morgan fingerprint density at radius 3 is 1.93 bits per heavy atom. The van der Waals surface area contributed by atoms with Crippen LogP contribution in [0, 0.1) is 0 Å². The third-order valence-corrected chi connectivity index (χ3v) is 2.94. The van der Waals surface area contributed by atoms with Crippen molar-refractivity contribution in [3.8, 4) is 0 Å². The van der Waals surface area contributed by atoms with Crippen LogP contribution in [0.5, 0.6) is 0 Å². The van der Waals surface area contributed by atoms with Crippen LogP contribution in [0.4, 0.5) is 0 Å². The van der Waals surface area contributed by atoms with E-state index < -0.39 is 0 Å². The lowest BCUT2D eigenvalue weighted by Crippen LogP contribution is -1.97. The lowest BCUT2D eigenvalue weighted by atomic mass is 9.90. The fraction of sp³-hybridized carbons (Fsp3) is 0.538. The zero-order valence-electron chi connectivity index (χ0n) is 9.16. The number of hydrogen-bond acceptors (Lipinski definition) is 1. The Bertz CT molecular complexity index is 244. The van der Waals surface area contributed by atoms with Crippen molar-refractivity contribution in [1.29, 1.82) is 0 Å². The highest BCUT2D eigenvalue weighted by molar-refractivity contribution is 7.80. The summed E-state index contributed by atoms with van der Waals surface area (Å²) in [5.41, 5.74) is 1.48. The van der Waals surface area contributed by atoms with Gasteiger partial charge in [0.15, 0.2) is 0 Å². The molecule has 1 aromatic carbocycles. The van der Waals surface area contributed by atoms with Crippen molar-refractivity contribution >= 4 is 12.6 Å². The molecule has 1 heteroatoms. The van der Waals surface area contributed by atoms with Gasteiger partial charge in [0.1, 0.15) is 0 Å². The van der Waals surface area contributed by atoms with Crippen molar-refractivity contribution < 1.29 is 0 Å². The van der Waals surface area contributed by atoms with Gasteiger partial charge in [-0.1, -0.05) is 38.8 Å². The van der Waals surface area contributed by atoms with Gasteiger partial charge in [-0.3, -0.25) is 0 Å². The summed E-state index contributed by atoms with van der Waals surface area (Å²) in [5, 5.41) is 0. The summed E-state index contributed by atoms with van der Waals surface area (Å²) < 4.78 is 0. The molecule has 0 unspecified atom stereocenters. The topological polar surface area (TPSA) is 0 Å². The fourth-order valence-electron chi connectivity index (χ4n) is 1.92. The zero-order valence-corrected chi connectivity index (χ0v) is 10.1. The van der Waals surface area contributed by atoms with E-state index in [4.69, 9.17) is 0 Å². The molecule has 0 nitrogen and oxygen atoms in total. The molecule has 0 aliphatic carbocycles. The van der Waals surface area contributed by atoms with Gasteiger partial charge in [0.25, 0.3) is 0 Å². The molecule has 0 N–H and O–H groups in total. The molecule has 0 fully saturated rings. The highest BCUT2D eigenvalue weighted by atomic mass is 32.1. The molecule has 0 atom stereocenters. The second-order valence-corrected chi connectivity index (χ2v) is 4.38. The largest absolute Gasteiger partial charge is 0.143 e. The lowest BCUT2D eigenvalue weighted by molar-refractivity contribution is 0.560. The highest BCUT2D eigenvalue weighted by Crippen LogP contribution is 2.26. The fourth-order valence-corrected chi connectivity index (χ4v) is 2.07. The van der Waals surface area contributed by atoms with Crippen LogP contribution in [-0.2, 0) is 0 Å². The minimum absolute atomic E-state index is 0.749. The quantitative estimate of drug-likeness (QED) is 0.668. The van der Waals surface area contributed by atoms with Crippen LogP contribution in [0.2, 0.25) is 0 Å². The van der Waals surface area contributed by atoms with E-state index in [0.29, 0.717) is 0 Å². The molecule has 0 amide bonds. The van der Waals surface area contributed by atoms with Gasteiger partial charge in [-0.05, 0) is 36.5 Å². The smallest absolute Gasteiger partial charge is 0.00401 e. The minimum atomic E-state index is 0.749. The second kappa shape index (κ2) is 6.13. The van der Waals surface area contributed by atoms with E-state index in [0.717, 1.165) is 10.8 Å². The molecule has 1 rings (SSSR count). The van der Waals surface area contributed by atoms with Crippen molar-refractivity contribution in [2.75, 3.05) is 0 Å². The summed E-state index contributed by atoms with van der Waals surface area (Å²) in [6.45, 7) is 4.52. The molecule has 0 heterocycles. The van der Waals surface area contributed by atoms with Crippen LogP contribution in [0.3, 0.4) is 0 Å². The maximum atomic E-state index is 4.30. The summed E-state index contributed by atoms with van der Waals surface area (Å²) in [7, 11) is 0. The van der Waals surface area contributed by atoms with Gasteiger partial charge >= 0.3 is 0 Å². The van der Waals surface area contributed by atoms with Crippen molar-refractivity contribution in [2.24, 2.45) is 0 Å². The van der Waals surface area contributed by atoms with Crippen LogP contribution in [0.15, 0.2) is 29.2 Å². The second-order valence-electron chi connectivity index (χ2n) is 3.87. The Balaban J connectivity index is 2.71. The molecule has 0 aliphatic heterocycles. The minimum Gasteiger partial charge on any atom is -0.143 e. The molecule has 0 saturated carbocycles. The first kappa shape index (κ1) is 11.6. The summed E-state index contributed by atoms with van der Waals surface area (Å²) in [6, 6.07) is 8.63. The van der Waals surface area contributed by atoms with Crippen LogP contribution >= 0.6 is 12.6 Å². The third-order valence-electron chi connectivity index (χ3n) is 2.64. The summed E-state index contributed by atoms with van der Waals surface area (Å²) >= 11 is 4.30. The average Bonchev–Trinajstić information content (AvgIpc) is 2.19. The molecule has 78 valence electrons. The Kier molecular flexibility index (Phi) is 5.10. The third kappa shape index (κ3) is 3.38. The first-order valence-corrected chi connectivity index (χ1v) is 6.01. The Hall–Kier alpha value is -0.430. The Morgan fingerprint density at radius 2 is 1.50 bits per heavy atom. The number of benzene rings is 1. The lowest BCUT2D eigenvalue weighted by Gasteiger charge is -2.15. The molecule has 0 spiro atoms. The van der Waals surface area contributed by atoms with Crippen molar-refractivity contribution in [3.63, 3.8) is 0 Å². The van der Waals surface area contributed by atoms with Crippen LogP contribution < -0.4 is 0 Å². The predicted octanol–water partition coefficient (Wildman–Crippen LogP) is 4.66. The molecule has 0 aromatic heterocycles. The summed E-state index contributed by atoms with van der Waals surface area (Å²) in [5.74, 6) is 0.749. The zero-order chi connectivity index (χ0) is 10.4. The van der Waals surface area contributed by atoms with Gasteiger partial charge in [-0.2, -0.15) is 0 Å². The van der Waals surface area contributed by atoms with E-state index in [1.807, 2.05) is 0 Å². The summed E-state index contributed by atoms with van der Waals surface area (Å²) in [6.07, 6.45) is 5.15. The van der Waals surface area contributed by atoms with E-state index in [9.17, 15) is 0 Å². The van der Waals surface area contributed by atoms with Crippen LogP contribution in [0.1, 0.15) is 51.0 Å². The maximum Gasteiger partial charge on any atom is 0.00401 e. The molecule has 14 heavy (non-hydrogen) atoms. The first-order chi connectivity index (χ1) is 6.77. The SMILES string of the molecule is CCCC(CCC)c1ccc(S)cc1. The van der Waals surface area contributed by atoms with Gasteiger partial charge in [-0.25, -0.2) is 0 Å². The molecule has 0 saturated heterocycles. The van der Waals surface area contributed by atoms with Gasteiger partial charge in [0.05, 0.1) is 0 Å². The number of thiol groups is 1. The number of hydrogen-bond donors (Lipinski definition) is 1. The van der Waals surface area contributed by atoms with Gasteiger partial charge in [0, 0.05) is 4.90 Å². The first-order valence-electron chi connectivity index (χ1n) is 5.56. The molecular weight excluding hydrogens is 188 g/mol. The molecular formula is C13H20S. The molecule has 1 aromatic rings. The van der Waals surface area contributed by atoms with E-state index in [1.165, 1.54) is 31.2 Å². The highest BCUT2D eigenvalue weighted by Gasteiger charge is 2.08. The molecule has 0 bridgehead atoms. The van der Waals surface area contributed by atoms with Gasteiger partial charge in [-0.15, -0.1) is 12.6 Å². The van der Waals surface area contributed by atoms with Crippen molar-refractivity contribution in [3.05, 3.63) is 29.8 Å². The number of rotatable bonds is 5. The Morgan fingerprint density at radius 1 is 1.00 bits per heavy atom. The van der Waals surface area contributed by atoms with E-state index in [1.54, 1.807) is 0 Å². The normalized spacial score (nSPS) is 10.9. The summed E-state index contributed by atoms with van der Waals surface area (Å²) in [4.78, 5) is 1.06. The van der Waals surface area contributed by atoms with Crippen LogP contribution in [0.25, 0.3) is 0 Å². The van der Waals surface area contributed by atoms with Gasteiger partial charge < -0.3 is 0 Å². The Labute approximate surface area is 93.1 Å². The van der Waals surface area contributed by atoms with E-state index in [-0.39, 0.29) is 0 Å². The standard InChI is InChI=1S/C13H20S/c1-3-5-11(6-4-2)12-7-9-13(14)10-8-12/h7-11,14H,3-6H2,1-2H3. The molecule has 0 radical (unpaired) electrons.